The molecule has 0 saturated carbocycles. The highest BCUT2D eigenvalue weighted by atomic mass is 16.5. The molecule has 0 spiro atoms. The van der Waals surface area contributed by atoms with Crippen molar-refractivity contribution in [3.63, 3.8) is 0 Å². The number of benzene rings is 2. The van der Waals surface area contributed by atoms with Crippen molar-refractivity contribution in [3.8, 4) is 11.5 Å². The monoisotopic (exact) mass is 314 g/mol. The van der Waals surface area contributed by atoms with Crippen molar-refractivity contribution in [2.24, 2.45) is 0 Å². The van der Waals surface area contributed by atoms with Crippen LogP contribution < -0.4 is 9.47 Å². The Hall–Kier alpha value is -2.00. The number of methoxy groups -OCH3 is 2. The SMILES string of the molecule is COc1ccccc1CC(C)OC(C)Cc1ccccc1OC. The Balaban J connectivity index is 1.93. The van der Waals surface area contributed by atoms with Gasteiger partial charge in [-0.2, -0.15) is 0 Å². The fraction of sp³-hybridized carbons (Fsp3) is 0.400. The van der Waals surface area contributed by atoms with Gasteiger partial charge in [-0.3, -0.25) is 0 Å². The molecule has 0 aliphatic carbocycles. The van der Waals surface area contributed by atoms with Crippen LogP contribution in [0, 0.1) is 0 Å². The third-order valence-corrected chi connectivity index (χ3v) is 3.86. The van der Waals surface area contributed by atoms with E-state index in [1.807, 2.05) is 36.4 Å². The molecule has 0 N–H and O–H groups in total. The largest absolute Gasteiger partial charge is 0.496 e. The first kappa shape index (κ1) is 17.4. The quantitative estimate of drug-likeness (QED) is 0.728. The number of rotatable bonds is 8. The molecule has 0 aliphatic rings. The first-order valence-electron chi connectivity index (χ1n) is 8.03. The number of ether oxygens (including phenoxy) is 3. The lowest BCUT2D eigenvalue weighted by atomic mass is 10.1. The van der Waals surface area contributed by atoms with E-state index in [-0.39, 0.29) is 12.2 Å². The third-order valence-electron chi connectivity index (χ3n) is 3.86. The van der Waals surface area contributed by atoms with Crippen LogP contribution in [0.3, 0.4) is 0 Å². The Morgan fingerprint density at radius 2 is 1.09 bits per heavy atom. The minimum atomic E-state index is 0.121. The second-order valence-corrected chi connectivity index (χ2v) is 5.79. The molecule has 2 aromatic carbocycles. The highest BCUT2D eigenvalue weighted by Crippen LogP contribution is 2.22. The highest BCUT2D eigenvalue weighted by Gasteiger charge is 2.14. The summed E-state index contributed by atoms with van der Waals surface area (Å²) in [4.78, 5) is 0. The maximum atomic E-state index is 6.15. The van der Waals surface area contributed by atoms with Crippen molar-refractivity contribution in [2.45, 2.75) is 38.9 Å². The molecular formula is C20H26O3. The predicted octanol–water partition coefficient (Wildman–Crippen LogP) is 4.28. The van der Waals surface area contributed by atoms with Crippen LogP contribution in [0.2, 0.25) is 0 Å². The van der Waals surface area contributed by atoms with E-state index in [1.54, 1.807) is 14.2 Å². The van der Waals surface area contributed by atoms with Crippen molar-refractivity contribution in [2.75, 3.05) is 14.2 Å². The topological polar surface area (TPSA) is 27.7 Å². The molecule has 0 radical (unpaired) electrons. The molecule has 3 nitrogen and oxygen atoms in total. The molecule has 2 aromatic rings. The van der Waals surface area contributed by atoms with Gasteiger partial charge in [-0.05, 0) is 37.1 Å². The van der Waals surface area contributed by atoms with Gasteiger partial charge in [-0.25, -0.2) is 0 Å². The molecular weight excluding hydrogens is 288 g/mol. The molecule has 0 amide bonds. The summed E-state index contributed by atoms with van der Waals surface area (Å²) in [6.45, 7) is 4.20. The number of para-hydroxylation sites is 2. The Morgan fingerprint density at radius 1 is 0.696 bits per heavy atom. The minimum absolute atomic E-state index is 0.121. The Morgan fingerprint density at radius 3 is 1.48 bits per heavy atom. The van der Waals surface area contributed by atoms with Crippen LogP contribution in [0.25, 0.3) is 0 Å². The third kappa shape index (κ3) is 5.00. The lowest BCUT2D eigenvalue weighted by Crippen LogP contribution is -2.21. The normalized spacial score (nSPS) is 13.4. The van der Waals surface area contributed by atoms with Gasteiger partial charge in [0.05, 0.1) is 26.4 Å². The van der Waals surface area contributed by atoms with Gasteiger partial charge in [0.2, 0.25) is 0 Å². The fourth-order valence-corrected chi connectivity index (χ4v) is 2.86. The van der Waals surface area contributed by atoms with E-state index < -0.39 is 0 Å². The summed E-state index contributed by atoms with van der Waals surface area (Å²) in [6.07, 6.45) is 1.91. The molecule has 2 atom stereocenters. The van der Waals surface area contributed by atoms with Crippen LogP contribution in [0.4, 0.5) is 0 Å². The van der Waals surface area contributed by atoms with Crippen LogP contribution in [0.15, 0.2) is 48.5 Å². The summed E-state index contributed by atoms with van der Waals surface area (Å²) < 4.78 is 17.0. The second kappa shape index (κ2) is 8.59. The molecule has 2 rings (SSSR count). The summed E-state index contributed by atoms with van der Waals surface area (Å²) in [7, 11) is 3.41. The zero-order chi connectivity index (χ0) is 16.7. The summed E-state index contributed by atoms with van der Waals surface area (Å²) in [5, 5.41) is 0. The lowest BCUT2D eigenvalue weighted by Gasteiger charge is -2.21. The van der Waals surface area contributed by atoms with E-state index in [0.717, 1.165) is 24.3 Å². The van der Waals surface area contributed by atoms with Crippen LogP contribution in [0.1, 0.15) is 25.0 Å². The molecule has 0 aromatic heterocycles. The van der Waals surface area contributed by atoms with E-state index >= 15 is 0 Å². The molecule has 0 bridgehead atoms. The van der Waals surface area contributed by atoms with E-state index in [4.69, 9.17) is 14.2 Å². The van der Waals surface area contributed by atoms with E-state index in [9.17, 15) is 0 Å². The van der Waals surface area contributed by atoms with Gasteiger partial charge in [-0.1, -0.05) is 36.4 Å². The zero-order valence-corrected chi connectivity index (χ0v) is 14.4. The van der Waals surface area contributed by atoms with E-state index in [0.29, 0.717) is 0 Å². The van der Waals surface area contributed by atoms with Gasteiger partial charge in [0, 0.05) is 12.8 Å². The smallest absolute Gasteiger partial charge is 0.122 e. The molecule has 0 saturated heterocycles. The zero-order valence-electron chi connectivity index (χ0n) is 14.4. The van der Waals surface area contributed by atoms with Crippen molar-refractivity contribution in [1.29, 1.82) is 0 Å². The summed E-state index contributed by atoms with van der Waals surface area (Å²) in [5.41, 5.74) is 2.35. The van der Waals surface area contributed by atoms with Gasteiger partial charge >= 0.3 is 0 Å². The summed E-state index contributed by atoms with van der Waals surface area (Å²) in [6, 6.07) is 16.2. The second-order valence-electron chi connectivity index (χ2n) is 5.79. The Kier molecular flexibility index (Phi) is 6.48. The predicted molar refractivity (Wildman–Crippen MR) is 93.4 cm³/mol. The Labute approximate surface area is 139 Å². The molecule has 0 aliphatic heterocycles. The summed E-state index contributed by atoms with van der Waals surface area (Å²) in [5.74, 6) is 1.83. The van der Waals surface area contributed by atoms with Crippen molar-refractivity contribution < 1.29 is 14.2 Å². The minimum Gasteiger partial charge on any atom is -0.496 e. The van der Waals surface area contributed by atoms with Crippen LogP contribution in [-0.4, -0.2) is 26.4 Å². The molecule has 0 fully saturated rings. The number of hydrogen-bond acceptors (Lipinski definition) is 3. The first-order chi connectivity index (χ1) is 11.1. The average molecular weight is 314 g/mol. The lowest BCUT2D eigenvalue weighted by molar-refractivity contribution is 0.00893. The molecule has 23 heavy (non-hydrogen) atoms. The number of hydrogen-bond donors (Lipinski definition) is 0. The maximum absolute atomic E-state index is 6.15. The van der Waals surface area contributed by atoms with E-state index in [1.165, 1.54) is 11.1 Å². The maximum Gasteiger partial charge on any atom is 0.122 e. The van der Waals surface area contributed by atoms with Crippen LogP contribution >= 0.6 is 0 Å². The molecule has 3 heteroatoms. The highest BCUT2D eigenvalue weighted by molar-refractivity contribution is 5.34. The standard InChI is InChI=1S/C20H26O3/c1-15(13-17-9-5-7-11-19(17)21-3)23-16(2)14-18-10-6-8-12-20(18)22-4/h5-12,15-16H,13-14H2,1-4H3. The molecule has 124 valence electrons. The van der Waals surface area contributed by atoms with Gasteiger partial charge in [-0.15, -0.1) is 0 Å². The van der Waals surface area contributed by atoms with E-state index in [2.05, 4.69) is 26.0 Å². The van der Waals surface area contributed by atoms with Crippen LogP contribution in [0.5, 0.6) is 11.5 Å². The van der Waals surface area contributed by atoms with Crippen molar-refractivity contribution >= 4 is 0 Å². The molecule has 0 heterocycles. The fourth-order valence-electron chi connectivity index (χ4n) is 2.86. The Bertz CT molecular complexity index is 556. The van der Waals surface area contributed by atoms with Crippen molar-refractivity contribution in [3.05, 3.63) is 59.7 Å². The first-order valence-corrected chi connectivity index (χ1v) is 8.03. The van der Waals surface area contributed by atoms with Gasteiger partial charge in [0.25, 0.3) is 0 Å². The summed E-state index contributed by atoms with van der Waals surface area (Å²) >= 11 is 0. The van der Waals surface area contributed by atoms with Crippen molar-refractivity contribution in [1.82, 2.24) is 0 Å². The molecule has 2 unspecified atom stereocenters. The van der Waals surface area contributed by atoms with Gasteiger partial charge in [0.15, 0.2) is 0 Å². The van der Waals surface area contributed by atoms with Gasteiger partial charge < -0.3 is 14.2 Å². The van der Waals surface area contributed by atoms with Gasteiger partial charge in [0.1, 0.15) is 11.5 Å². The average Bonchev–Trinajstić information content (AvgIpc) is 2.55. The van der Waals surface area contributed by atoms with Crippen LogP contribution in [-0.2, 0) is 17.6 Å².